The van der Waals surface area contributed by atoms with Crippen molar-refractivity contribution in [3.05, 3.63) is 65.7 Å². The molecule has 0 aromatic heterocycles. The third kappa shape index (κ3) is 6.24. The summed E-state index contributed by atoms with van der Waals surface area (Å²) in [5.74, 6) is 1.47. The molecule has 1 amide bonds. The van der Waals surface area contributed by atoms with Gasteiger partial charge in [-0.05, 0) is 67.7 Å². The predicted octanol–water partition coefficient (Wildman–Crippen LogP) is 3.16. The van der Waals surface area contributed by atoms with Crippen LogP contribution in [0.25, 0.3) is 0 Å². The number of amides is 1. The van der Waals surface area contributed by atoms with Gasteiger partial charge >= 0.3 is 0 Å². The number of aromatic hydroxyl groups is 1. The molecular formula is C24H32N4O2. The van der Waals surface area contributed by atoms with Crippen molar-refractivity contribution in [2.45, 2.75) is 32.1 Å². The standard InChI is InChI=1S/C24H32N4O2/c25-24(26)27-16-18-10-12-19(13-11-18)17-28(23(30)21-7-2-1-3-8-21)15-14-20-6-4-5-9-22(20)29/h1-9,18-19,29H,10-17H2,(H4,25,26,27). The summed E-state index contributed by atoms with van der Waals surface area (Å²) in [6.07, 6.45) is 4.92. The summed E-state index contributed by atoms with van der Waals surface area (Å²) >= 11 is 0. The second kappa shape index (κ2) is 10.7. The van der Waals surface area contributed by atoms with Crippen LogP contribution in [-0.4, -0.2) is 41.5 Å². The van der Waals surface area contributed by atoms with Crippen molar-refractivity contribution in [2.24, 2.45) is 28.3 Å². The van der Waals surface area contributed by atoms with Gasteiger partial charge in [0.1, 0.15) is 5.75 Å². The lowest BCUT2D eigenvalue weighted by Gasteiger charge is -2.32. The maximum atomic E-state index is 13.2. The Morgan fingerprint density at radius 1 is 0.967 bits per heavy atom. The highest BCUT2D eigenvalue weighted by molar-refractivity contribution is 5.94. The Kier molecular flexibility index (Phi) is 7.71. The van der Waals surface area contributed by atoms with E-state index < -0.39 is 0 Å². The Hall–Kier alpha value is -3.02. The van der Waals surface area contributed by atoms with Gasteiger partial charge in [0.05, 0.1) is 0 Å². The van der Waals surface area contributed by atoms with E-state index in [0.29, 0.717) is 36.9 Å². The van der Waals surface area contributed by atoms with E-state index in [1.165, 1.54) is 0 Å². The van der Waals surface area contributed by atoms with E-state index >= 15 is 0 Å². The molecule has 160 valence electrons. The van der Waals surface area contributed by atoms with Crippen LogP contribution in [0.3, 0.4) is 0 Å². The fourth-order valence-corrected chi connectivity index (χ4v) is 4.16. The summed E-state index contributed by atoms with van der Waals surface area (Å²) in [7, 11) is 0. The fourth-order valence-electron chi connectivity index (χ4n) is 4.16. The zero-order valence-electron chi connectivity index (χ0n) is 17.4. The molecule has 3 rings (SSSR count). The first kappa shape index (κ1) is 21.7. The number of benzene rings is 2. The molecule has 1 fully saturated rings. The molecule has 2 aromatic carbocycles. The third-order valence-corrected chi connectivity index (χ3v) is 5.93. The number of phenols is 1. The Morgan fingerprint density at radius 3 is 2.27 bits per heavy atom. The highest BCUT2D eigenvalue weighted by Gasteiger charge is 2.25. The average Bonchev–Trinajstić information content (AvgIpc) is 2.77. The minimum Gasteiger partial charge on any atom is -0.508 e. The van der Waals surface area contributed by atoms with Gasteiger partial charge in [-0.2, -0.15) is 0 Å². The van der Waals surface area contributed by atoms with Crippen molar-refractivity contribution in [1.82, 2.24) is 4.90 Å². The Labute approximate surface area is 178 Å². The Morgan fingerprint density at radius 2 is 1.60 bits per heavy atom. The first-order valence-electron chi connectivity index (χ1n) is 10.7. The molecule has 2 aromatic rings. The highest BCUT2D eigenvalue weighted by atomic mass is 16.3. The molecule has 0 bridgehead atoms. The molecule has 0 atom stereocenters. The molecule has 0 spiro atoms. The monoisotopic (exact) mass is 408 g/mol. The van der Waals surface area contributed by atoms with Gasteiger partial charge in [0, 0.05) is 25.2 Å². The van der Waals surface area contributed by atoms with Crippen molar-refractivity contribution in [3.8, 4) is 5.75 Å². The third-order valence-electron chi connectivity index (χ3n) is 5.93. The molecule has 1 aliphatic carbocycles. The number of carbonyl (C=O) groups excluding carboxylic acids is 1. The smallest absolute Gasteiger partial charge is 0.253 e. The molecule has 0 aliphatic heterocycles. The lowest BCUT2D eigenvalue weighted by Crippen LogP contribution is -2.38. The Bertz CT molecular complexity index is 841. The van der Waals surface area contributed by atoms with Crippen LogP contribution in [0.4, 0.5) is 0 Å². The number of guanidine groups is 1. The molecule has 30 heavy (non-hydrogen) atoms. The summed E-state index contributed by atoms with van der Waals surface area (Å²) in [4.78, 5) is 19.3. The molecule has 0 heterocycles. The zero-order valence-corrected chi connectivity index (χ0v) is 17.4. The summed E-state index contributed by atoms with van der Waals surface area (Å²) in [5, 5.41) is 10.1. The minimum absolute atomic E-state index is 0.0497. The topological polar surface area (TPSA) is 105 Å². The fraction of sp³-hybridized carbons (Fsp3) is 0.417. The maximum Gasteiger partial charge on any atom is 0.253 e. The second-order valence-electron chi connectivity index (χ2n) is 8.15. The van der Waals surface area contributed by atoms with Crippen LogP contribution >= 0.6 is 0 Å². The zero-order chi connectivity index (χ0) is 21.3. The van der Waals surface area contributed by atoms with Crippen LogP contribution < -0.4 is 11.5 Å². The number of phenolic OH excluding ortho intramolecular Hbond substituents is 1. The van der Waals surface area contributed by atoms with E-state index in [1.54, 1.807) is 6.07 Å². The lowest BCUT2D eigenvalue weighted by molar-refractivity contribution is 0.0708. The summed E-state index contributed by atoms with van der Waals surface area (Å²) in [5.41, 5.74) is 12.5. The summed E-state index contributed by atoms with van der Waals surface area (Å²) in [6.45, 7) is 2.00. The quantitative estimate of drug-likeness (QED) is 0.461. The van der Waals surface area contributed by atoms with Gasteiger partial charge in [0.25, 0.3) is 5.91 Å². The van der Waals surface area contributed by atoms with Crippen molar-refractivity contribution in [2.75, 3.05) is 19.6 Å². The van der Waals surface area contributed by atoms with E-state index in [4.69, 9.17) is 11.5 Å². The van der Waals surface area contributed by atoms with Gasteiger partial charge in [-0.1, -0.05) is 36.4 Å². The molecule has 0 radical (unpaired) electrons. The van der Waals surface area contributed by atoms with Crippen LogP contribution in [0.2, 0.25) is 0 Å². The minimum atomic E-state index is 0.0497. The molecule has 6 nitrogen and oxygen atoms in total. The van der Waals surface area contributed by atoms with Crippen LogP contribution in [0.1, 0.15) is 41.6 Å². The first-order chi connectivity index (χ1) is 14.5. The SMILES string of the molecule is NC(N)=NCC1CCC(CN(CCc2ccccc2O)C(=O)c2ccccc2)CC1. The molecule has 1 aliphatic rings. The largest absolute Gasteiger partial charge is 0.508 e. The van der Waals surface area contributed by atoms with Crippen LogP contribution in [0, 0.1) is 11.8 Å². The van der Waals surface area contributed by atoms with Gasteiger partial charge in [-0.25, -0.2) is 0 Å². The average molecular weight is 409 g/mol. The molecule has 1 saturated carbocycles. The Balaban J connectivity index is 1.63. The maximum absolute atomic E-state index is 13.2. The van der Waals surface area contributed by atoms with Gasteiger partial charge in [0.2, 0.25) is 0 Å². The summed E-state index contributed by atoms with van der Waals surface area (Å²) < 4.78 is 0. The number of aliphatic imine (C=N–C) groups is 1. The van der Waals surface area contributed by atoms with E-state index in [-0.39, 0.29) is 17.6 Å². The number of carbonyl (C=O) groups is 1. The van der Waals surface area contributed by atoms with Crippen molar-refractivity contribution < 1.29 is 9.90 Å². The van der Waals surface area contributed by atoms with Crippen molar-refractivity contribution >= 4 is 11.9 Å². The van der Waals surface area contributed by atoms with Crippen LogP contribution in [0.15, 0.2) is 59.6 Å². The van der Waals surface area contributed by atoms with Gasteiger partial charge in [-0.15, -0.1) is 0 Å². The van der Waals surface area contributed by atoms with E-state index in [9.17, 15) is 9.90 Å². The van der Waals surface area contributed by atoms with Crippen molar-refractivity contribution in [3.63, 3.8) is 0 Å². The molecule has 6 heteroatoms. The number of nitrogens with zero attached hydrogens (tertiary/aromatic N) is 2. The van der Waals surface area contributed by atoms with Crippen LogP contribution in [0.5, 0.6) is 5.75 Å². The number of nitrogens with two attached hydrogens (primary N) is 2. The van der Waals surface area contributed by atoms with E-state index in [2.05, 4.69) is 4.99 Å². The van der Waals surface area contributed by atoms with Crippen LogP contribution in [-0.2, 0) is 6.42 Å². The number of para-hydroxylation sites is 1. The lowest BCUT2D eigenvalue weighted by atomic mass is 9.81. The molecule has 5 N–H and O–H groups in total. The predicted molar refractivity (Wildman–Crippen MR) is 120 cm³/mol. The van der Waals surface area contributed by atoms with Gasteiger partial charge in [0.15, 0.2) is 5.96 Å². The highest BCUT2D eigenvalue weighted by Crippen LogP contribution is 2.30. The van der Waals surface area contributed by atoms with Gasteiger partial charge < -0.3 is 21.5 Å². The number of hydrogen-bond acceptors (Lipinski definition) is 3. The number of rotatable bonds is 8. The molecule has 0 unspecified atom stereocenters. The molecule has 0 saturated heterocycles. The van der Waals surface area contributed by atoms with E-state index in [0.717, 1.165) is 37.8 Å². The summed E-state index contributed by atoms with van der Waals surface area (Å²) in [6, 6.07) is 16.8. The normalized spacial score (nSPS) is 18.5. The van der Waals surface area contributed by atoms with Gasteiger partial charge in [-0.3, -0.25) is 9.79 Å². The molecular weight excluding hydrogens is 376 g/mol. The number of hydrogen-bond donors (Lipinski definition) is 3. The first-order valence-corrected chi connectivity index (χ1v) is 10.7. The second-order valence-corrected chi connectivity index (χ2v) is 8.15. The van der Waals surface area contributed by atoms with E-state index in [1.807, 2.05) is 53.4 Å². The van der Waals surface area contributed by atoms with Crippen molar-refractivity contribution in [1.29, 1.82) is 0 Å².